The van der Waals surface area contributed by atoms with Crippen molar-refractivity contribution < 1.29 is 29.7 Å². The van der Waals surface area contributed by atoms with Crippen molar-refractivity contribution in [2.45, 2.75) is 207 Å². The van der Waals surface area contributed by atoms with Gasteiger partial charge in [0.2, 0.25) is 28.5 Å². The smallest absolute Gasteiger partial charge is 0.222 e. The molecule has 0 N–H and O–H groups in total. The van der Waals surface area contributed by atoms with E-state index in [0.29, 0.717) is 48.0 Å². The number of aryl methyl sites for hydroxylation is 6. The third kappa shape index (κ3) is 19.3. The van der Waals surface area contributed by atoms with E-state index in [2.05, 4.69) is 347 Å². The van der Waals surface area contributed by atoms with Crippen LogP contribution in [0.3, 0.4) is 0 Å². The molecule has 0 aliphatic rings. The number of fused-ring (bicyclic) bond motifs is 5. The lowest BCUT2D eigenvalue weighted by atomic mass is 9.85. The lowest BCUT2D eigenvalue weighted by Crippen LogP contribution is -2.35. The second-order valence-electron chi connectivity index (χ2n) is 36.2. The van der Waals surface area contributed by atoms with Crippen molar-refractivity contribution in [3.05, 3.63) is 333 Å². The van der Waals surface area contributed by atoms with Gasteiger partial charge in [0, 0.05) is 119 Å². The fraction of sp³-hybridized carbons (Fsp3) is 0.316. The van der Waals surface area contributed by atoms with Gasteiger partial charge in [-0.25, -0.2) is 0 Å². The summed E-state index contributed by atoms with van der Waals surface area (Å²) in [6, 6.07) is 66.0. The Morgan fingerprint density at radius 3 is 1.03 bits per heavy atom. The number of rotatable bonds is 12. The van der Waals surface area contributed by atoms with Crippen LogP contribution in [0.25, 0.3) is 121 Å². The Morgan fingerprint density at radius 2 is 0.639 bits per heavy atom. The van der Waals surface area contributed by atoms with Crippen LogP contribution in [0.4, 0.5) is 0 Å². The lowest BCUT2D eigenvalue weighted by Gasteiger charge is -2.20. The SMILES string of the molecule is [2H]c1c(C)[n+](C)c(-c2cc(-c3cccnc3)ccc2C)c2ccc(C(C)CC)cc12.[2H]c1c(C)[n+](C)c(-c2cc(C)ccc2C)c2ccc(C(C)(C)C)cc12.[2H]c1c(C)[n+](C)c(-c2ccccc2C)c2ccc(C(C)(C)C)cc12.[2H]c1c(C)[n+](C)c(-c2ccncc2C)c2ccc(C(C)CC)cc12.[2H]c1c(C)[n+](C)c(-c2cnccc2C)c2ccc(C(C)CC)cc12. The molecule has 3 unspecified atom stereocenters. The van der Waals surface area contributed by atoms with E-state index in [4.69, 9.17) is 6.85 Å². The normalized spacial score (nSPS) is 12.8. The predicted molar refractivity (Wildman–Crippen MR) is 517 cm³/mol. The molecule has 0 aliphatic heterocycles. The number of pyridine rings is 8. The van der Waals surface area contributed by atoms with Crippen LogP contribution in [0.5, 0.6) is 0 Å². The van der Waals surface area contributed by atoms with Crippen LogP contribution in [0.15, 0.2) is 243 Å². The molecule has 16 aromatic rings. The van der Waals surface area contributed by atoms with Gasteiger partial charge in [0.25, 0.3) is 0 Å². The standard InChI is InChI=1S/C27H29N2.C23H28N.C22H26N.2C21H25N2/c1-6-18(2)21-11-12-25-24(15-21)14-20(4)29(5)27(25)26-16-22(10-9-19(26)3)23-8-7-13-28-17-23;1-15-8-9-16(2)21(12-15)22-20-11-10-19(23(4,5)6)14-18(20)13-17(3)24(22)7;1-15-9-7-8-10-19(15)21-20-12-11-18(22(3,4)5)14-17(20)13-16(2)23(21)6;1-6-14(2)17-7-8-20-18(12-17)11-16(4)23(5)21(20)19-9-10-22-13-15(19)3;1-6-14(2)17-7-8-19-18(12-17)11-16(4)23(5)21(19)20-13-22-10-9-15(20)3/h7-18H,6H2,1-5H3;8-14H,1-7H3;7-14H,1-6H3;2*7-14H,6H2,1-5H3/q5*+1/i14D;2*13D;2*11D. The summed E-state index contributed by atoms with van der Waals surface area (Å²) in [5.74, 6) is 1.50. The second kappa shape index (κ2) is 37.7. The van der Waals surface area contributed by atoms with E-state index in [9.17, 15) is 0 Å². The summed E-state index contributed by atoms with van der Waals surface area (Å²) in [5, 5.41) is 10.9. The maximum absolute atomic E-state index is 8.78. The average molecular weight is 1620 g/mol. The minimum absolute atomic E-state index is 0.0754. The van der Waals surface area contributed by atoms with Crippen molar-refractivity contribution >= 4 is 53.9 Å². The highest BCUT2D eigenvalue weighted by molar-refractivity contribution is 5.99. The Hall–Kier alpha value is -11.7. The summed E-state index contributed by atoms with van der Waals surface area (Å²) < 4.78 is 54.0. The molecule has 0 radical (unpaired) electrons. The van der Waals surface area contributed by atoms with Crippen LogP contribution in [-0.2, 0) is 46.1 Å². The Labute approximate surface area is 736 Å². The van der Waals surface area contributed by atoms with Gasteiger partial charge in [0.1, 0.15) is 35.2 Å². The topological polar surface area (TPSA) is 58.1 Å². The average Bonchev–Trinajstić information content (AvgIpc) is 0.773. The quantitative estimate of drug-likeness (QED) is 0.115. The summed E-state index contributed by atoms with van der Waals surface area (Å²) in [5.41, 5.74) is 33.0. The van der Waals surface area contributed by atoms with E-state index in [1.807, 2.05) is 91.8 Å². The van der Waals surface area contributed by atoms with Gasteiger partial charge < -0.3 is 0 Å². The zero-order valence-corrected chi connectivity index (χ0v) is 78.1. The molecule has 0 fully saturated rings. The van der Waals surface area contributed by atoms with Gasteiger partial charge in [-0.15, -0.1) is 0 Å². The molecule has 8 nitrogen and oxygen atoms in total. The first-order valence-corrected chi connectivity index (χ1v) is 43.8. The highest BCUT2D eigenvalue weighted by atomic mass is 15.0. The first-order valence-electron chi connectivity index (χ1n) is 46.3. The van der Waals surface area contributed by atoms with E-state index in [1.165, 1.54) is 89.3 Å². The molecule has 0 bridgehead atoms. The van der Waals surface area contributed by atoms with Crippen LogP contribution < -0.4 is 22.8 Å². The number of aromatic nitrogens is 8. The minimum atomic E-state index is 0.0754. The summed E-state index contributed by atoms with van der Waals surface area (Å²) in [7, 11) is 10.3. The van der Waals surface area contributed by atoms with Gasteiger partial charge in [-0.3, -0.25) is 15.0 Å². The Kier molecular flexibility index (Phi) is 25.5. The third-order valence-corrected chi connectivity index (χ3v) is 25.6. The maximum atomic E-state index is 8.78. The molecule has 8 aromatic carbocycles. The molecule has 0 amide bonds. The molecule has 122 heavy (non-hydrogen) atoms. The molecule has 0 saturated heterocycles. The second-order valence-corrected chi connectivity index (χ2v) is 36.2. The number of nitrogens with zero attached hydrogens (tertiary/aromatic N) is 8. The van der Waals surface area contributed by atoms with Gasteiger partial charge in [-0.05, 0) is 244 Å². The predicted octanol–water partition coefficient (Wildman–Crippen LogP) is 27.0. The van der Waals surface area contributed by atoms with E-state index in [-0.39, 0.29) is 10.8 Å². The highest BCUT2D eigenvalue weighted by Gasteiger charge is 2.28. The molecule has 0 saturated carbocycles. The van der Waals surface area contributed by atoms with E-state index >= 15 is 0 Å². The maximum Gasteiger partial charge on any atom is 0.222 e. The van der Waals surface area contributed by atoms with Crippen molar-refractivity contribution in [3.8, 4) is 67.4 Å². The minimum Gasteiger partial charge on any atom is -0.264 e. The summed E-state index contributed by atoms with van der Waals surface area (Å²) >= 11 is 0. The largest absolute Gasteiger partial charge is 0.264 e. The zero-order valence-electron chi connectivity index (χ0n) is 83.1. The van der Waals surface area contributed by atoms with Gasteiger partial charge in [-0.2, -0.15) is 22.8 Å². The first-order chi connectivity index (χ1) is 60.1. The zero-order chi connectivity index (χ0) is 92.4. The highest BCUT2D eigenvalue weighted by Crippen LogP contribution is 2.40. The van der Waals surface area contributed by atoms with Gasteiger partial charge in [0.05, 0.1) is 50.5 Å². The van der Waals surface area contributed by atoms with Gasteiger partial charge >= 0.3 is 0 Å². The van der Waals surface area contributed by atoms with Crippen LogP contribution >= 0.6 is 0 Å². The number of hydrogen-bond donors (Lipinski definition) is 0. The molecular weight excluding hydrogens is 1480 g/mol. The molecule has 16 rings (SSSR count). The monoisotopic (exact) mass is 1620 g/mol. The van der Waals surface area contributed by atoms with E-state index in [0.717, 1.165) is 141 Å². The van der Waals surface area contributed by atoms with Crippen molar-refractivity contribution in [1.29, 1.82) is 0 Å². The van der Waals surface area contributed by atoms with Crippen LogP contribution in [0, 0.1) is 76.2 Å². The fourth-order valence-electron chi connectivity index (χ4n) is 16.5. The van der Waals surface area contributed by atoms with Crippen LogP contribution in [0.2, 0.25) is 0 Å². The molecule has 3 atom stereocenters. The molecular formula is C114H133N8+5. The molecule has 624 valence electrons. The van der Waals surface area contributed by atoms with Crippen molar-refractivity contribution in [1.82, 2.24) is 15.0 Å². The van der Waals surface area contributed by atoms with E-state index < -0.39 is 0 Å². The summed E-state index contributed by atoms with van der Waals surface area (Å²) in [6.45, 7) is 49.7. The summed E-state index contributed by atoms with van der Waals surface area (Å²) in [4.78, 5) is 12.8. The van der Waals surface area contributed by atoms with Crippen LogP contribution in [-0.4, -0.2) is 15.0 Å². The Morgan fingerprint density at radius 1 is 0.295 bits per heavy atom. The van der Waals surface area contributed by atoms with Crippen LogP contribution in [0.1, 0.15) is 217 Å². The first kappa shape index (κ1) is 82.6. The Bertz CT molecular complexity index is 6720. The van der Waals surface area contributed by atoms with Crippen molar-refractivity contribution in [2.24, 2.45) is 35.2 Å². The van der Waals surface area contributed by atoms with Crippen molar-refractivity contribution in [2.75, 3.05) is 0 Å². The molecule has 8 heteroatoms. The molecule has 0 aliphatic carbocycles. The lowest BCUT2D eigenvalue weighted by molar-refractivity contribution is -0.665. The Balaban J connectivity index is 0.000000145. The third-order valence-electron chi connectivity index (χ3n) is 25.6. The molecule has 0 spiro atoms. The van der Waals surface area contributed by atoms with Gasteiger partial charge in [-0.1, -0.05) is 198 Å². The number of benzene rings is 8. The number of hydrogen-bond acceptors (Lipinski definition) is 3. The van der Waals surface area contributed by atoms with Crippen molar-refractivity contribution in [3.63, 3.8) is 0 Å². The van der Waals surface area contributed by atoms with Gasteiger partial charge in [0.15, 0.2) is 28.5 Å². The molecule has 8 heterocycles. The van der Waals surface area contributed by atoms with E-state index in [1.54, 1.807) is 6.20 Å². The fourth-order valence-corrected chi connectivity index (χ4v) is 16.5. The summed E-state index contributed by atoms with van der Waals surface area (Å²) in [6.07, 6.45) is 14.5. The molecule has 8 aromatic heterocycles.